The van der Waals surface area contributed by atoms with Gasteiger partial charge in [0.25, 0.3) is 0 Å². The minimum atomic E-state index is -0.0433. The summed E-state index contributed by atoms with van der Waals surface area (Å²) >= 11 is 0. The Kier molecular flexibility index (Phi) is 8.50. The van der Waals surface area contributed by atoms with E-state index >= 15 is 0 Å². The minimum absolute atomic E-state index is 0.0184. The fraction of sp³-hybridized carbons (Fsp3) is 0. The smallest absolute Gasteiger partial charge is 0.204 e. The van der Waals surface area contributed by atoms with Crippen molar-refractivity contribution < 1.29 is 0 Å². The lowest BCUT2D eigenvalue weighted by molar-refractivity contribution is 1.38. The summed E-state index contributed by atoms with van der Waals surface area (Å²) in [6, 6.07) is 41.8. The summed E-state index contributed by atoms with van der Waals surface area (Å²) in [5.41, 5.74) is 4.57. The van der Waals surface area contributed by atoms with Crippen LogP contribution < -0.4 is 0 Å². The Labute approximate surface area is 310 Å². The summed E-state index contributed by atoms with van der Waals surface area (Å²) < 4.78 is 0. The van der Waals surface area contributed by atoms with Crippen molar-refractivity contribution in [3.05, 3.63) is 205 Å². The van der Waals surface area contributed by atoms with Gasteiger partial charge in [-0.05, 0) is 62.2 Å². The standard InChI is InChI=1S/C46H18N8/c1-52-32-20-18-28(19-21-32)33(23-48)40-38(30-12-8-5-9-13-30)46(54-3)43-35(25-50)39-34(24-49)37(29-10-6-4-7-11-29)44(41(39)36(26-51)42(40)43)45(53-2)31-16-14-27(22-47)15-17-31/h4-21H/b40-33+,45-44-. The molecule has 0 unspecified atom stereocenters. The average Bonchev–Trinajstić information content (AvgIpc) is 3.75. The van der Waals surface area contributed by atoms with Crippen LogP contribution in [0.2, 0.25) is 0 Å². The summed E-state index contributed by atoms with van der Waals surface area (Å²) in [5, 5.41) is 53.7. The first-order valence-corrected chi connectivity index (χ1v) is 16.2. The molecule has 0 bridgehead atoms. The molecule has 0 amide bonds. The van der Waals surface area contributed by atoms with E-state index in [1.54, 1.807) is 109 Å². The van der Waals surface area contributed by atoms with Crippen molar-refractivity contribution in [1.29, 1.82) is 26.3 Å². The number of allylic oxidation sites excluding steroid dienone is 6. The lowest BCUT2D eigenvalue weighted by Gasteiger charge is -2.19. The molecule has 0 radical (unpaired) electrons. The van der Waals surface area contributed by atoms with E-state index < -0.39 is 0 Å². The predicted octanol–water partition coefficient (Wildman–Crippen LogP) is 10.3. The monoisotopic (exact) mass is 682 g/mol. The topological polar surface area (TPSA) is 132 Å². The summed E-state index contributed by atoms with van der Waals surface area (Å²) in [6.45, 7) is 24.4. The first-order valence-electron chi connectivity index (χ1n) is 16.2. The zero-order valence-electron chi connectivity index (χ0n) is 28.0. The Morgan fingerprint density at radius 2 is 1.06 bits per heavy atom. The molecule has 0 saturated carbocycles. The molecule has 7 rings (SSSR count). The van der Waals surface area contributed by atoms with Crippen molar-refractivity contribution in [2.75, 3.05) is 0 Å². The maximum absolute atomic E-state index is 11.3. The van der Waals surface area contributed by atoms with E-state index in [4.69, 9.17) is 19.7 Å². The summed E-state index contributed by atoms with van der Waals surface area (Å²) in [7, 11) is 0. The Morgan fingerprint density at radius 1 is 0.500 bits per heavy atom. The largest absolute Gasteiger partial charge is 0.238 e. The average molecular weight is 683 g/mol. The Hall–Kier alpha value is -9.02. The summed E-state index contributed by atoms with van der Waals surface area (Å²) in [5.74, 6) is 0. The molecule has 0 N–H and O–H groups in total. The number of benzene rings is 5. The van der Waals surface area contributed by atoms with Crippen LogP contribution in [-0.4, -0.2) is 0 Å². The zero-order valence-corrected chi connectivity index (χ0v) is 28.0. The van der Waals surface area contributed by atoms with Crippen molar-refractivity contribution in [3.8, 4) is 30.3 Å². The van der Waals surface area contributed by atoms with Crippen LogP contribution in [0.1, 0.15) is 61.2 Å². The molecule has 5 aromatic rings. The normalized spacial score (nSPS) is 14.1. The molecule has 54 heavy (non-hydrogen) atoms. The summed E-state index contributed by atoms with van der Waals surface area (Å²) in [4.78, 5) is 11.4. The van der Waals surface area contributed by atoms with Gasteiger partial charge in [0.05, 0.1) is 59.7 Å². The third kappa shape index (κ3) is 5.01. The second-order valence-electron chi connectivity index (χ2n) is 11.9. The van der Waals surface area contributed by atoms with Crippen LogP contribution in [0.15, 0.2) is 109 Å². The van der Waals surface area contributed by atoms with Crippen molar-refractivity contribution in [2.24, 2.45) is 0 Å². The third-order valence-corrected chi connectivity index (χ3v) is 9.33. The van der Waals surface area contributed by atoms with Gasteiger partial charge in [-0.1, -0.05) is 97.1 Å². The van der Waals surface area contributed by atoms with E-state index in [9.17, 15) is 26.3 Å². The van der Waals surface area contributed by atoms with Gasteiger partial charge < -0.3 is 0 Å². The van der Waals surface area contributed by atoms with Gasteiger partial charge in [0.1, 0.15) is 18.2 Å². The highest BCUT2D eigenvalue weighted by molar-refractivity contribution is 6.35. The van der Waals surface area contributed by atoms with E-state index in [0.717, 1.165) is 0 Å². The lowest BCUT2D eigenvalue weighted by atomic mass is 9.82. The summed E-state index contributed by atoms with van der Waals surface area (Å²) in [6.07, 6.45) is 0. The molecule has 0 spiro atoms. The van der Waals surface area contributed by atoms with Gasteiger partial charge in [-0.25, -0.2) is 14.5 Å². The molecule has 0 aliphatic heterocycles. The molecule has 242 valence electrons. The highest BCUT2D eigenvalue weighted by Gasteiger charge is 2.43. The van der Waals surface area contributed by atoms with Crippen LogP contribution in [0.3, 0.4) is 0 Å². The Balaban J connectivity index is 1.75. The highest BCUT2D eigenvalue weighted by atomic mass is 14.7. The van der Waals surface area contributed by atoms with Crippen LogP contribution in [0.4, 0.5) is 5.69 Å². The van der Waals surface area contributed by atoms with Crippen LogP contribution in [0.5, 0.6) is 0 Å². The number of hydrogen-bond acceptors (Lipinski definition) is 5. The van der Waals surface area contributed by atoms with Crippen LogP contribution >= 0.6 is 0 Å². The van der Waals surface area contributed by atoms with Crippen LogP contribution in [0, 0.1) is 76.4 Å². The van der Waals surface area contributed by atoms with Gasteiger partial charge in [0.2, 0.25) is 11.4 Å². The predicted molar refractivity (Wildman–Crippen MR) is 204 cm³/mol. The number of fused-ring (bicyclic) bond motifs is 2. The Morgan fingerprint density at radius 3 is 1.56 bits per heavy atom. The zero-order chi connectivity index (χ0) is 37.9. The van der Waals surface area contributed by atoms with Crippen LogP contribution in [0.25, 0.3) is 59.4 Å². The molecule has 0 saturated heterocycles. The van der Waals surface area contributed by atoms with Crippen molar-refractivity contribution in [2.45, 2.75) is 0 Å². The SMILES string of the molecule is [C-]#[N+]C1=C(c2ccccc2)/C(=C(/C#N)c2ccc([N+]#[C-])cc2)c2c(C#N)c3c(c(C#N)c21)C(C#N)=C(c1ccccc1)/C3=C(/[N+]#[C-])c1ccc(C#N)cc1. The van der Waals surface area contributed by atoms with E-state index in [2.05, 4.69) is 44.9 Å². The molecular formula is C46H18N8. The third-order valence-electron chi connectivity index (χ3n) is 9.33. The minimum Gasteiger partial charge on any atom is -0.238 e. The van der Waals surface area contributed by atoms with Crippen molar-refractivity contribution in [3.63, 3.8) is 0 Å². The molecule has 0 heterocycles. The molecule has 2 aliphatic carbocycles. The maximum atomic E-state index is 11.3. The molecule has 8 nitrogen and oxygen atoms in total. The van der Waals surface area contributed by atoms with Crippen molar-refractivity contribution in [1.82, 2.24) is 0 Å². The molecule has 0 fully saturated rings. The number of rotatable bonds is 4. The fourth-order valence-electron chi connectivity index (χ4n) is 7.13. The number of hydrogen-bond donors (Lipinski definition) is 0. The fourth-order valence-corrected chi connectivity index (χ4v) is 7.13. The highest BCUT2D eigenvalue weighted by Crippen LogP contribution is 2.59. The van der Waals surface area contributed by atoms with Gasteiger partial charge >= 0.3 is 0 Å². The Bertz CT molecular complexity index is 2770. The molecule has 0 atom stereocenters. The quantitative estimate of drug-likeness (QED) is 0.137. The second kappa shape index (κ2) is 13.7. The lowest BCUT2D eigenvalue weighted by Crippen LogP contribution is -2.05. The molecule has 0 aromatic heterocycles. The first kappa shape index (κ1) is 33.5. The molecular weight excluding hydrogens is 665 g/mol. The second-order valence-corrected chi connectivity index (χ2v) is 11.9. The number of nitriles is 5. The van der Waals surface area contributed by atoms with Gasteiger partial charge in [0, 0.05) is 16.7 Å². The van der Waals surface area contributed by atoms with Gasteiger partial charge in [-0.3, -0.25) is 0 Å². The maximum Gasteiger partial charge on any atom is 0.204 e. The van der Waals surface area contributed by atoms with E-state index in [1.165, 1.54) is 0 Å². The van der Waals surface area contributed by atoms with Gasteiger partial charge in [-0.2, -0.15) is 26.3 Å². The van der Waals surface area contributed by atoms with E-state index in [0.29, 0.717) is 44.7 Å². The first-order chi connectivity index (χ1) is 26.5. The van der Waals surface area contributed by atoms with Crippen molar-refractivity contribution >= 4 is 50.5 Å². The number of nitrogens with zero attached hydrogens (tertiary/aromatic N) is 8. The molecule has 5 aromatic carbocycles. The molecule has 8 heteroatoms. The van der Waals surface area contributed by atoms with Crippen LogP contribution in [-0.2, 0) is 0 Å². The van der Waals surface area contributed by atoms with E-state index in [-0.39, 0.29) is 67.1 Å². The van der Waals surface area contributed by atoms with Gasteiger partial charge in [-0.15, -0.1) is 0 Å². The molecule has 2 aliphatic rings. The van der Waals surface area contributed by atoms with E-state index in [1.807, 2.05) is 0 Å². The van der Waals surface area contributed by atoms with Gasteiger partial charge in [0.15, 0.2) is 5.69 Å².